The lowest BCUT2D eigenvalue weighted by atomic mass is 10.2. The van der Waals surface area contributed by atoms with Crippen LogP contribution in [-0.4, -0.2) is 33.9 Å². The number of nitrogens with one attached hydrogen (secondary N) is 2. The number of hydrogen-bond acceptors (Lipinski definition) is 6. The molecule has 0 aliphatic carbocycles. The van der Waals surface area contributed by atoms with Crippen molar-refractivity contribution in [3.8, 4) is 11.4 Å². The van der Waals surface area contributed by atoms with Crippen LogP contribution < -0.4 is 10.6 Å². The molecule has 1 amide bonds. The van der Waals surface area contributed by atoms with Gasteiger partial charge in [-0.2, -0.15) is 0 Å². The molecule has 9 heteroatoms. The van der Waals surface area contributed by atoms with Crippen molar-refractivity contribution in [1.29, 1.82) is 0 Å². The zero-order chi connectivity index (χ0) is 20.8. The number of nitro groups is 1. The fourth-order valence-electron chi connectivity index (χ4n) is 2.65. The molecule has 0 fully saturated rings. The average molecular weight is 395 g/mol. The van der Waals surface area contributed by atoms with Gasteiger partial charge in [-0.1, -0.05) is 24.3 Å². The van der Waals surface area contributed by atoms with Crippen molar-refractivity contribution in [3.63, 3.8) is 0 Å². The van der Waals surface area contributed by atoms with Crippen LogP contribution in [0.3, 0.4) is 0 Å². The van der Waals surface area contributed by atoms with Crippen LogP contribution >= 0.6 is 0 Å². The van der Waals surface area contributed by atoms with Crippen molar-refractivity contribution in [2.75, 3.05) is 18.4 Å². The Balaban J connectivity index is 1.63. The Hall–Kier alpha value is -3.88. The molecule has 1 heterocycles. The molecule has 0 bridgehead atoms. The number of carbonyl (C=O) groups is 1. The Morgan fingerprint density at radius 3 is 2.66 bits per heavy atom. The molecule has 0 aliphatic heterocycles. The largest absolute Gasteiger partial charge is 0.368 e. The zero-order valence-electron chi connectivity index (χ0n) is 15.6. The van der Waals surface area contributed by atoms with E-state index < -0.39 is 16.6 Å². The summed E-state index contributed by atoms with van der Waals surface area (Å²) in [5.74, 6) is -0.210. The summed E-state index contributed by atoms with van der Waals surface area (Å²) in [5.41, 5.74) is 1.15. The Bertz CT molecular complexity index is 1060. The number of anilines is 1. The minimum atomic E-state index is -0.578. The van der Waals surface area contributed by atoms with E-state index in [-0.39, 0.29) is 17.8 Å². The quantitative estimate of drug-likeness (QED) is 0.361. The molecule has 0 atom stereocenters. The normalized spacial score (nSPS) is 10.4. The molecule has 1 aromatic heterocycles. The zero-order valence-corrected chi connectivity index (χ0v) is 15.6. The van der Waals surface area contributed by atoms with Gasteiger partial charge in [-0.15, -0.1) is 0 Å². The number of benzene rings is 2. The number of non-ortho nitro benzene ring substituents is 1. The second-order valence-electron chi connectivity index (χ2n) is 6.19. The van der Waals surface area contributed by atoms with E-state index in [4.69, 9.17) is 0 Å². The molecular formula is C20H18FN5O3. The van der Waals surface area contributed by atoms with Gasteiger partial charge in [0.1, 0.15) is 11.6 Å². The highest BCUT2D eigenvalue weighted by Gasteiger charge is 2.11. The van der Waals surface area contributed by atoms with Crippen molar-refractivity contribution < 1.29 is 14.1 Å². The number of rotatable bonds is 7. The van der Waals surface area contributed by atoms with Gasteiger partial charge in [-0.3, -0.25) is 14.9 Å². The first-order valence-corrected chi connectivity index (χ1v) is 8.81. The van der Waals surface area contributed by atoms with Crippen LogP contribution in [0.4, 0.5) is 15.9 Å². The number of hydrogen-bond donors (Lipinski definition) is 2. The van der Waals surface area contributed by atoms with Gasteiger partial charge >= 0.3 is 0 Å². The molecule has 3 aromatic rings. The van der Waals surface area contributed by atoms with E-state index in [1.54, 1.807) is 31.2 Å². The SMILES string of the molecule is Cc1cc(NCCNC(=O)c2ccccc2F)nc(-c2cccc([N+](=O)[O-])c2)n1. The molecule has 2 aromatic carbocycles. The molecular weight excluding hydrogens is 377 g/mol. The van der Waals surface area contributed by atoms with Crippen LogP contribution in [0.1, 0.15) is 16.1 Å². The lowest BCUT2D eigenvalue weighted by Crippen LogP contribution is -2.29. The molecule has 29 heavy (non-hydrogen) atoms. The van der Waals surface area contributed by atoms with Gasteiger partial charge in [0.25, 0.3) is 11.6 Å². The summed E-state index contributed by atoms with van der Waals surface area (Å²) in [6, 6.07) is 13.6. The Labute approximate surface area is 166 Å². The summed E-state index contributed by atoms with van der Waals surface area (Å²) < 4.78 is 13.6. The number of nitro benzene ring substituents is 1. The Kier molecular flexibility index (Phi) is 6.08. The van der Waals surface area contributed by atoms with E-state index in [2.05, 4.69) is 20.6 Å². The third-order valence-electron chi connectivity index (χ3n) is 4.00. The number of aromatic nitrogens is 2. The smallest absolute Gasteiger partial charge is 0.270 e. The summed E-state index contributed by atoms with van der Waals surface area (Å²) in [6.45, 7) is 2.39. The first-order valence-electron chi connectivity index (χ1n) is 8.81. The lowest BCUT2D eigenvalue weighted by molar-refractivity contribution is -0.384. The van der Waals surface area contributed by atoms with Crippen molar-refractivity contribution >= 4 is 17.4 Å². The fraction of sp³-hybridized carbons (Fsp3) is 0.150. The Morgan fingerprint density at radius 1 is 1.10 bits per heavy atom. The van der Waals surface area contributed by atoms with E-state index in [9.17, 15) is 19.3 Å². The first kappa shape index (κ1) is 19.9. The summed E-state index contributed by atoms with van der Waals surface area (Å²) >= 11 is 0. The molecule has 0 saturated carbocycles. The van der Waals surface area contributed by atoms with Crippen LogP contribution in [0.15, 0.2) is 54.6 Å². The molecule has 2 N–H and O–H groups in total. The van der Waals surface area contributed by atoms with E-state index >= 15 is 0 Å². The van der Waals surface area contributed by atoms with Gasteiger partial charge < -0.3 is 10.6 Å². The second kappa shape index (κ2) is 8.87. The van der Waals surface area contributed by atoms with Crippen molar-refractivity contribution in [3.05, 3.63) is 81.8 Å². The number of amides is 1. The molecule has 0 unspecified atom stereocenters. The van der Waals surface area contributed by atoms with Gasteiger partial charge in [0, 0.05) is 42.5 Å². The van der Waals surface area contributed by atoms with Crippen molar-refractivity contribution in [2.45, 2.75) is 6.92 Å². The van der Waals surface area contributed by atoms with Crippen LogP contribution in [0.25, 0.3) is 11.4 Å². The molecule has 0 saturated heterocycles. The van der Waals surface area contributed by atoms with Gasteiger partial charge in [0.05, 0.1) is 10.5 Å². The molecule has 8 nitrogen and oxygen atoms in total. The third-order valence-corrected chi connectivity index (χ3v) is 4.00. The number of nitrogens with zero attached hydrogens (tertiary/aromatic N) is 3. The fourth-order valence-corrected chi connectivity index (χ4v) is 2.65. The van der Waals surface area contributed by atoms with Crippen molar-refractivity contribution in [1.82, 2.24) is 15.3 Å². The van der Waals surface area contributed by atoms with Crippen molar-refractivity contribution in [2.24, 2.45) is 0 Å². The highest BCUT2D eigenvalue weighted by atomic mass is 19.1. The number of carbonyl (C=O) groups excluding carboxylic acids is 1. The van der Waals surface area contributed by atoms with E-state index in [0.29, 0.717) is 29.4 Å². The molecule has 0 radical (unpaired) electrons. The van der Waals surface area contributed by atoms with Gasteiger partial charge in [0.15, 0.2) is 5.82 Å². The summed E-state index contributed by atoms with van der Waals surface area (Å²) in [5, 5.41) is 16.7. The van der Waals surface area contributed by atoms with Gasteiger partial charge in [-0.25, -0.2) is 14.4 Å². The molecule has 3 rings (SSSR count). The molecule has 0 spiro atoms. The predicted molar refractivity (Wildman–Crippen MR) is 106 cm³/mol. The van der Waals surface area contributed by atoms with Crippen LogP contribution in [0, 0.1) is 22.9 Å². The van der Waals surface area contributed by atoms with Crippen LogP contribution in [-0.2, 0) is 0 Å². The Morgan fingerprint density at radius 2 is 1.90 bits per heavy atom. The summed E-state index contributed by atoms with van der Waals surface area (Å²) in [4.78, 5) is 31.2. The minimum absolute atomic E-state index is 0.0154. The average Bonchev–Trinajstić information content (AvgIpc) is 2.71. The maximum Gasteiger partial charge on any atom is 0.270 e. The topological polar surface area (TPSA) is 110 Å². The maximum atomic E-state index is 13.6. The molecule has 148 valence electrons. The van der Waals surface area contributed by atoms with Crippen LogP contribution in [0.5, 0.6) is 0 Å². The number of halogens is 1. The van der Waals surface area contributed by atoms with Crippen LogP contribution in [0.2, 0.25) is 0 Å². The van der Waals surface area contributed by atoms with E-state index in [1.165, 1.54) is 30.3 Å². The summed E-state index contributed by atoms with van der Waals surface area (Å²) in [7, 11) is 0. The molecule has 0 aliphatic rings. The minimum Gasteiger partial charge on any atom is -0.368 e. The lowest BCUT2D eigenvalue weighted by Gasteiger charge is -2.10. The monoisotopic (exact) mass is 395 g/mol. The highest BCUT2D eigenvalue weighted by molar-refractivity contribution is 5.94. The van der Waals surface area contributed by atoms with Gasteiger partial charge in [0.2, 0.25) is 0 Å². The number of aryl methyl sites for hydroxylation is 1. The second-order valence-corrected chi connectivity index (χ2v) is 6.19. The standard InChI is InChI=1S/C20H18FN5O3/c1-13-11-18(22-9-10-23-20(27)16-7-2-3-8-17(16)21)25-19(24-13)14-5-4-6-15(12-14)26(28)29/h2-8,11-12H,9-10H2,1H3,(H,23,27)(H,22,24,25). The van der Waals surface area contributed by atoms with Gasteiger partial charge in [-0.05, 0) is 19.1 Å². The van der Waals surface area contributed by atoms with E-state index in [1.807, 2.05) is 0 Å². The maximum absolute atomic E-state index is 13.6. The first-order chi connectivity index (χ1) is 13.9. The summed E-state index contributed by atoms with van der Waals surface area (Å²) in [6.07, 6.45) is 0. The predicted octanol–water partition coefficient (Wildman–Crippen LogP) is 3.34. The third kappa shape index (κ3) is 5.10. The highest BCUT2D eigenvalue weighted by Crippen LogP contribution is 2.22. The van der Waals surface area contributed by atoms with E-state index in [0.717, 1.165) is 0 Å².